The van der Waals surface area contributed by atoms with Crippen molar-refractivity contribution in [2.75, 3.05) is 59.2 Å². The fourth-order valence-corrected chi connectivity index (χ4v) is 4.27. The van der Waals surface area contributed by atoms with Gasteiger partial charge in [0.25, 0.3) is 0 Å². The number of allylic oxidation sites excluding steroid dienone is 1. The molecule has 0 aliphatic carbocycles. The highest BCUT2D eigenvalue weighted by atomic mass is 32.1. The molecule has 2 fully saturated rings. The zero-order valence-electron chi connectivity index (χ0n) is 18.9. The van der Waals surface area contributed by atoms with Crippen LogP contribution in [0.25, 0.3) is 5.41 Å². The van der Waals surface area contributed by atoms with Gasteiger partial charge in [-0.2, -0.15) is 11.3 Å². The van der Waals surface area contributed by atoms with Crippen molar-refractivity contribution in [1.29, 1.82) is 0 Å². The van der Waals surface area contributed by atoms with Crippen LogP contribution < -0.4 is 16.0 Å². The number of thiocarbonyl (C=S) groups is 1. The van der Waals surface area contributed by atoms with Crippen LogP contribution in [0.15, 0.2) is 46.3 Å². The summed E-state index contributed by atoms with van der Waals surface area (Å²) in [4.78, 5) is 12.7. The van der Waals surface area contributed by atoms with Crippen LogP contribution in [-0.2, 0) is 19.0 Å². The maximum absolute atomic E-state index is 12.3. The minimum Gasteiger partial charge on any atom is -0.763 e. The molecule has 3 aliphatic rings. The second-order valence-electron chi connectivity index (χ2n) is 7.24. The van der Waals surface area contributed by atoms with E-state index in [0.717, 1.165) is 58.2 Å². The molecule has 180 valence electrons. The van der Waals surface area contributed by atoms with E-state index in [2.05, 4.69) is 28.4 Å². The first-order valence-electron chi connectivity index (χ1n) is 10.9. The summed E-state index contributed by atoms with van der Waals surface area (Å²) in [5.74, 6) is 1.16. The van der Waals surface area contributed by atoms with Crippen LogP contribution in [0.3, 0.4) is 0 Å². The summed E-state index contributed by atoms with van der Waals surface area (Å²) in [6.07, 6.45) is 1.50. The number of esters is 1. The van der Waals surface area contributed by atoms with E-state index < -0.39 is 11.9 Å². The lowest BCUT2D eigenvalue weighted by molar-refractivity contribution is -0.670. The largest absolute Gasteiger partial charge is 0.763 e. The third-order valence-corrected chi connectivity index (χ3v) is 5.88. The smallest absolute Gasteiger partial charge is 0.337 e. The number of morpholine rings is 2. The molecular formula is C23H32N4O4S2. The molecule has 3 aliphatic heterocycles. The second kappa shape index (κ2) is 15.6. The Labute approximate surface area is 204 Å². The van der Waals surface area contributed by atoms with E-state index in [4.69, 9.17) is 26.4 Å². The van der Waals surface area contributed by atoms with E-state index in [9.17, 15) is 10.2 Å². The minimum absolute atomic E-state index is 0.123. The third kappa shape index (κ3) is 8.94. The first kappa shape index (κ1) is 27.1. The zero-order valence-corrected chi connectivity index (χ0v) is 20.6. The first-order valence-corrected chi connectivity index (χ1v) is 12.2. The van der Waals surface area contributed by atoms with Crippen LogP contribution in [0.5, 0.6) is 0 Å². The Morgan fingerprint density at radius 1 is 1.36 bits per heavy atom. The van der Waals surface area contributed by atoms with Gasteiger partial charge in [-0.25, -0.2) is 4.79 Å². The number of carbonyl (C=O) groups excluding carboxylic acids is 1. The van der Waals surface area contributed by atoms with Crippen molar-refractivity contribution in [2.24, 2.45) is 0 Å². The molecule has 0 saturated carbocycles. The summed E-state index contributed by atoms with van der Waals surface area (Å²) < 4.78 is 15.2. The average Bonchev–Trinajstić information content (AvgIpc) is 3.40. The van der Waals surface area contributed by atoms with Crippen molar-refractivity contribution in [1.82, 2.24) is 10.6 Å². The van der Waals surface area contributed by atoms with Crippen LogP contribution in [0.4, 0.5) is 0 Å². The number of rotatable bonds is 4. The van der Waals surface area contributed by atoms with Crippen molar-refractivity contribution in [3.63, 3.8) is 0 Å². The predicted molar refractivity (Wildman–Crippen MR) is 135 cm³/mol. The van der Waals surface area contributed by atoms with Crippen molar-refractivity contribution in [3.8, 4) is 0 Å². The number of thiophene rings is 1. The summed E-state index contributed by atoms with van der Waals surface area (Å²) in [6.45, 7) is 13.4. The highest BCUT2D eigenvalue weighted by molar-refractivity contribution is 7.80. The number of carbonyl (C=O) groups is 1. The average molecular weight is 493 g/mol. The molecule has 0 aromatic carbocycles. The summed E-state index contributed by atoms with van der Waals surface area (Å²) >= 11 is 6.71. The molecule has 4 heterocycles. The van der Waals surface area contributed by atoms with Crippen molar-refractivity contribution in [2.45, 2.75) is 12.8 Å². The minimum atomic E-state index is -0.479. The molecule has 0 radical (unpaired) electrons. The Kier molecular flexibility index (Phi) is 12.8. The van der Waals surface area contributed by atoms with Gasteiger partial charge in [-0.3, -0.25) is 5.87 Å². The van der Waals surface area contributed by atoms with Gasteiger partial charge in [0.05, 0.1) is 51.0 Å². The molecule has 8 nitrogen and oxygen atoms in total. The molecule has 0 bridgehead atoms. The molecule has 1 aromatic rings. The van der Waals surface area contributed by atoms with E-state index in [1.54, 1.807) is 6.92 Å². The molecule has 0 amide bonds. The van der Waals surface area contributed by atoms with Crippen LogP contribution in [-0.4, -0.2) is 76.0 Å². The Morgan fingerprint density at radius 2 is 2.06 bits per heavy atom. The van der Waals surface area contributed by atoms with Gasteiger partial charge in [-0.05, 0) is 29.3 Å². The first-order chi connectivity index (χ1) is 16.1. The lowest BCUT2D eigenvalue weighted by Crippen LogP contribution is -2.87. The maximum atomic E-state index is 12.3. The predicted octanol–water partition coefficient (Wildman–Crippen LogP) is 1.12. The van der Waals surface area contributed by atoms with Crippen LogP contribution in [0.2, 0.25) is 0 Å². The van der Waals surface area contributed by atoms with Crippen LogP contribution in [0.1, 0.15) is 18.4 Å². The number of hydrogen-bond donors (Lipinski definition) is 3. The third-order valence-electron chi connectivity index (χ3n) is 4.86. The molecule has 2 saturated heterocycles. The molecule has 1 unspecified atom stereocenters. The van der Waals surface area contributed by atoms with Gasteiger partial charge >= 0.3 is 5.97 Å². The van der Waals surface area contributed by atoms with Gasteiger partial charge in [-0.1, -0.05) is 24.9 Å². The van der Waals surface area contributed by atoms with Gasteiger partial charge in [0.2, 0.25) is 0 Å². The number of ether oxygens (including phenoxy) is 3. The fraction of sp³-hybridized carbons (Fsp3) is 0.478. The van der Waals surface area contributed by atoms with E-state index in [1.165, 1.54) is 17.4 Å². The number of nitrogens with two attached hydrogens (primary N) is 1. The van der Waals surface area contributed by atoms with Gasteiger partial charge in [0.1, 0.15) is 11.6 Å². The number of nitrogens with zero attached hydrogens (tertiary/aromatic N) is 1. The Balaban J connectivity index is 0.000000258. The van der Waals surface area contributed by atoms with Crippen molar-refractivity contribution < 1.29 is 24.3 Å². The normalized spacial score (nSPS) is 20.2. The Morgan fingerprint density at radius 3 is 2.48 bits per heavy atom. The van der Waals surface area contributed by atoms with Crippen LogP contribution in [0, 0.1) is 0 Å². The van der Waals surface area contributed by atoms with Gasteiger partial charge in [0, 0.05) is 24.4 Å². The standard InChI is InChI=1S/C15H13N2O2S2.2C4H9NO/c1-3-5-19-15(18)12-9(2)17-14(20)11(7-16)13(12)10-4-6-21-8-10;2*1-3-6-4-2-5-1/h3-4,6,8,13H,1,5H2,2H3,(H,17,20);2*5H,1-4H2/q-1;;/p+1. The highest BCUT2D eigenvalue weighted by Crippen LogP contribution is 2.37. The maximum Gasteiger partial charge on any atom is 0.337 e. The highest BCUT2D eigenvalue weighted by Gasteiger charge is 2.34. The number of hydrogen-bond acceptors (Lipinski definition) is 7. The molecule has 10 heteroatoms. The van der Waals surface area contributed by atoms with E-state index in [-0.39, 0.29) is 6.61 Å². The fourth-order valence-electron chi connectivity index (χ4n) is 3.26. The summed E-state index contributed by atoms with van der Waals surface area (Å²) in [5, 5.41) is 21.5. The summed E-state index contributed by atoms with van der Waals surface area (Å²) in [6, 6.07) is 1.88. The number of quaternary nitrogens is 1. The lowest BCUT2D eigenvalue weighted by atomic mass is 9.83. The quantitative estimate of drug-likeness (QED) is 0.190. The summed E-state index contributed by atoms with van der Waals surface area (Å²) in [7, 11) is 0. The summed E-state index contributed by atoms with van der Waals surface area (Å²) in [5.41, 5.74) is 2.26. The molecule has 1 atom stereocenters. The van der Waals surface area contributed by atoms with E-state index >= 15 is 0 Å². The van der Waals surface area contributed by atoms with Gasteiger partial charge in [-0.15, -0.1) is 0 Å². The molecular weight excluding hydrogens is 460 g/mol. The molecule has 4 N–H and O–H groups in total. The Bertz CT molecular complexity index is 821. The molecule has 0 spiro atoms. The molecule has 33 heavy (non-hydrogen) atoms. The number of nitrogens with one attached hydrogen (secondary N) is 2. The topological polar surface area (TPSA) is 108 Å². The van der Waals surface area contributed by atoms with Crippen molar-refractivity contribution in [3.05, 3.63) is 57.3 Å². The molecule has 1 aromatic heterocycles. The zero-order chi connectivity index (χ0) is 23.9. The monoisotopic (exact) mass is 492 g/mol. The van der Waals surface area contributed by atoms with Crippen molar-refractivity contribution >= 4 is 40.4 Å². The second-order valence-corrected chi connectivity index (χ2v) is 8.42. The van der Waals surface area contributed by atoms with E-state index in [0.29, 0.717) is 21.8 Å². The Hall–Kier alpha value is -2.17. The van der Waals surface area contributed by atoms with Gasteiger partial charge in [0.15, 0.2) is 0 Å². The SMILES string of the molecule is C1COCCN1.C1COCC[NH2+]1.C=CCOC(=O)C1=C(C)NC(=S)C(=C=[N-])C1c1ccsc1. The lowest BCUT2D eigenvalue weighted by Gasteiger charge is -2.29. The van der Waals surface area contributed by atoms with E-state index in [1.807, 2.05) is 16.8 Å². The molecule has 4 rings (SSSR count). The van der Waals surface area contributed by atoms with Gasteiger partial charge < -0.3 is 35.6 Å². The van der Waals surface area contributed by atoms with Crippen LogP contribution >= 0.6 is 23.6 Å².